The number of esters is 1. The SMILES string of the molecule is CCC(CO)OC(COC(=O)CCCC=O)OC. The highest BCUT2D eigenvalue weighted by molar-refractivity contribution is 5.69. The van der Waals surface area contributed by atoms with Crippen molar-refractivity contribution in [2.45, 2.75) is 45.0 Å². The van der Waals surface area contributed by atoms with Crippen LogP contribution in [0.1, 0.15) is 32.6 Å². The van der Waals surface area contributed by atoms with Crippen molar-refractivity contribution in [3.8, 4) is 0 Å². The second-order valence-electron chi connectivity index (χ2n) is 3.76. The molecule has 0 aromatic carbocycles. The number of aliphatic hydroxyl groups excluding tert-OH is 1. The average molecular weight is 262 g/mol. The van der Waals surface area contributed by atoms with Gasteiger partial charge in [-0.3, -0.25) is 4.79 Å². The Kier molecular flexibility index (Phi) is 10.5. The van der Waals surface area contributed by atoms with E-state index in [1.165, 1.54) is 7.11 Å². The fourth-order valence-corrected chi connectivity index (χ4v) is 1.21. The van der Waals surface area contributed by atoms with Crippen molar-refractivity contribution < 1.29 is 28.9 Å². The van der Waals surface area contributed by atoms with E-state index < -0.39 is 6.29 Å². The number of hydrogen-bond donors (Lipinski definition) is 1. The van der Waals surface area contributed by atoms with E-state index in [0.717, 1.165) is 6.29 Å². The van der Waals surface area contributed by atoms with E-state index in [1.54, 1.807) is 0 Å². The number of aliphatic hydroxyl groups is 1. The summed E-state index contributed by atoms with van der Waals surface area (Å²) in [7, 11) is 1.44. The van der Waals surface area contributed by atoms with Gasteiger partial charge in [-0.25, -0.2) is 0 Å². The van der Waals surface area contributed by atoms with Gasteiger partial charge in [-0.1, -0.05) is 6.92 Å². The lowest BCUT2D eigenvalue weighted by molar-refractivity contribution is -0.194. The van der Waals surface area contributed by atoms with E-state index in [9.17, 15) is 9.59 Å². The number of ether oxygens (including phenoxy) is 3. The maximum absolute atomic E-state index is 11.3. The largest absolute Gasteiger partial charge is 0.460 e. The molecule has 0 fully saturated rings. The number of aldehydes is 1. The van der Waals surface area contributed by atoms with Gasteiger partial charge in [0.1, 0.15) is 12.9 Å². The predicted molar refractivity (Wildman–Crippen MR) is 63.9 cm³/mol. The molecule has 0 rings (SSSR count). The highest BCUT2D eigenvalue weighted by Gasteiger charge is 2.16. The molecule has 0 aliphatic carbocycles. The molecule has 0 aliphatic heterocycles. The second kappa shape index (κ2) is 11.1. The summed E-state index contributed by atoms with van der Waals surface area (Å²) in [5.74, 6) is -0.389. The first-order valence-corrected chi connectivity index (χ1v) is 6.06. The third-order valence-electron chi connectivity index (χ3n) is 2.35. The van der Waals surface area contributed by atoms with Crippen LogP contribution in [0.15, 0.2) is 0 Å². The van der Waals surface area contributed by atoms with E-state index in [-0.39, 0.29) is 31.7 Å². The van der Waals surface area contributed by atoms with E-state index in [1.807, 2.05) is 6.92 Å². The highest BCUT2D eigenvalue weighted by Crippen LogP contribution is 2.05. The van der Waals surface area contributed by atoms with Crippen LogP contribution in [0.2, 0.25) is 0 Å². The number of unbranched alkanes of at least 4 members (excludes halogenated alkanes) is 1. The highest BCUT2D eigenvalue weighted by atomic mass is 16.7. The molecule has 0 aromatic heterocycles. The molecule has 0 saturated carbocycles. The Labute approximate surface area is 107 Å². The molecule has 0 radical (unpaired) electrons. The van der Waals surface area contributed by atoms with Crippen LogP contribution in [0.4, 0.5) is 0 Å². The van der Waals surface area contributed by atoms with Crippen molar-refractivity contribution in [3.05, 3.63) is 0 Å². The Bertz CT molecular complexity index is 227. The minimum Gasteiger partial charge on any atom is -0.460 e. The zero-order valence-electron chi connectivity index (χ0n) is 11.0. The zero-order valence-corrected chi connectivity index (χ0v) is 11.0. The van der Waals surface area contributed by atoms with Gasteiger partial charge in [0.15, 0.2) is 6.29 Å². The van der Waals surface area contributed by atoms with E-state index in [0.29, 0.717) is 19.3 Å². The summed E-state index contributed by atoms with van der Waals surface area (Å²) in [4.78, 5) is 21.3. The van der Waals surface area contributed by atoms with E-state index in [2.05, 4.69) is 0 Å². The Morgan fingerprint density at radius 2 is 2.17 bits per heavy atom. The van der Waals surface area contributed by atoms with Gasteiger partial charge in [0.05, 0.1) is 12.7 Å². The first kappa shape index (κ1) is 17.0. The van der Waals surface area contributed by atoms with Gasteiger partial charge < -0.3 is 24.1 Å². The number of methoxy groups -OCH3 is 1. The molecule has 1 N–H and O–H groups in total. The monoisotopic (exact) mass is 262 g/mol. The lowest BCUT2D eigenvalue weighted by atomic mass is 10.2. The van der Waals surface area contributed by atoms with Crippen LogP contribution >= 0.6 is 0 Å². The molecule has 0 spiro atoms. The smallest absolute Gasteiger partial charge is 0.305 e. The van der Waals surface area contributed by atoms with Crippen LogP contribution in [0.25, 0.3) is 0 Å². The minimum absolute atomic E-state index is 0.0209. The van der Waals surface area contributed by atoms with Crippen molar-refractivity contribution in [2.24, 2.45) is 0 Å². The molecule has 0 amide bonds. The molecule has 2 atom stereocenters. The predicted octanol–water partition coefficient (Wildman–Crippen LogP) is 0.659. The summed E-state index contributed by atoms with van der Waals surface area (Å²) < 4.78 is 15.3. The van der Waals surface area contributed by atoms with Crippen molar-refractivity contribution in [1.29, 1.82) is 0 Å². The Hall–Kier alpha value is -0.980. The molecule has 0 bridgehead atoms. The molecule has 106 valence electrons. The van der Waals surface area contributed by atoms with Gasteiger partial charge in [0, 0.05) is 20.0 Å². The number of carbonyl (C=O) groups is 2. The van der Waals surface area contributed by atoms with Crippen molar-refractivity contribution >= 4 is 12.3 Å². The standard InChI is InChI=1S/C12H22O6/c1-3-10(8-14)18-12(16-2)9-17-11(15)6-4-5-7-13/h7,10,12,14H,3-6,8-9H2,1-2H3. The van der Waals surface area contributed by atoms with Crippen molar-refractivity contribution in [3.63, 3.8) is 0 Å². The number of carbonyl (C=O) groups excluding carboxylic acids is 2. The normalized spacial score (nSPS) is 13.9. The van der Waals surface area contributed by atoms with Crippen molar-refractivity contribution in [2.75, 3.05) is 20.3 Å². The van der Waals surface area contributed by atoms with Gasteiger partial charge in [0.2, 0.25) is 0 Å². The summed E-state index contributed by atoms with van der Waals surface area (Å²) in [6, 6.07) is 0. The second-order valence-corrected chi connectivity index (χ2v) is 3.76. The van der Waals surface area contributed by atoms with Crippen molar-refractivity contribution in [1.82, 2.24) is 0 Å². The summed E-state index contributed by atoms with van der Waals surface area (Å²) in [5.41, 5.74) is 0. The van der Waals surface area contributed by atoms with Crippen LogP contribution in [0.3, 0.4) is 0 Å². The van der Waals surface area contributed by atoms with Gasteiger partial charge >= 0.3 is 5.97 Å². The molecule has 0 aliphatic rings. The lowest BCUT2D eigenvalue weighted by Gasteiger charge is -2.21. The molecule has 0 heterocycles. The molecule has 0 saturated heterocycles. The summed E-state index contributed by atoms with van der Waals surface area (Å²) in [5, 5.41) is 8.97. The molecular weight excluding hydrogens is 240 g/mol. The van der Waals surface area contributed by atoms with Gasteiger partial charge in [-0.15, -0.1) is 0 Å². The minimum atomic E-state index is -0.683. The van der Waals surface area contributed by atoms with Gasteiger partial charge in [-0.2, -0.15) is 0 Å². The molecule has 2 unspecified atom stereocenters. The summed E-state index contributed by atoms with van der Waals surface area (Å²) in [6.45, 7) is 1.75. The lowest BCUT2D eigenvalue weighted by Crippen LogP contribution is -2.30. The Morgan fingerprint density at radius 3 is 2.67 bits per heavy atom. The first-order valence-electron chi connectivity index (χ1n) is 6.06. The first-order chi connectivity index (χ1) is 8.67. The van der Waals surface area contributed by atoms with E-state index in [4.69, 9.17) is 19.3 Å². The Balaban J connectivity index is 3.84. The van der Waals surface area contributed by atoms with Crippen LogP contribution < -0.4 is 0 Å². The topological polar surface area (TPSA) is 82.1 Å². The van der Waals surface area contributed by atoms with Crippen LogP contribution in [-0.2, 0) is 23.8 Å². The molecule has 6 heteroatoms. The summed E-state index contributed by atoms with van der Waals surface area (Å²) in [6.07, 6.45) is 1.43. The maximum atomic E-state index is 11.3. The quantitative estimate of drug-likeness (QED) is 0.255. The third kappa shape index (κ3) is 8.16. The average Bonchev–Trinajstić information content (AvgIpc) is 2.39. The number of hydrogen-bond acceptors (Lipinski definition) is 6. The van der Waals surface area contributed by atoms with Gasteiger partial charge in [-0.05, 0) is 12.8 Å². The molecule has 0 aromatic rings. The fraction of sp³-hybridized carbons (Fsp3) is 0.833. The third-order valence-corrected chi connectivity index (χ3v) is 2.35. The molecule has 6 nitrogen and oxygen atoms in total. The van der Waals surface area contributed by atoms with E-state index >= 15 is 0 Å². The van der Waals surface area contributed by atoms with Crippen LogP contribution in [0.5, 0.6) is 0 Å². The van der Waals surface area contributed by atoms with Gasteiger partial charge in [0.25, 0.3) is 0 Å². The van der Waals surface area contributed by atoms with Crippen LogP contribution in [-0.4, -0.2) is 50.1 Å². The summed E-state index contributed by atoms with van der Waals surface area (Å²) >= 11 is 0. The maximum Gasteiger partial charge on any atom is 0.305 e. The fourth-order valence-electron chi connectivity index (χ4n) is 1.21. The van der Waals surface area contributed by atoms with Crippen LogP contribution in [0, 0.1) is 0 Å². The molecule has 18 heavy (non-hydrogen) atoms. The molecular formula is C12H22O6. The number of rotatable bonds is 11. The zero-order chi connectivity index (χ0) is 13.8. The Morgan fingerprint density at radius 1 is 1.44 bits per heavy atom.